The van der Waals surface area contributed by atoms with Crippen molar-refractivity contribution in [2.75, 3.05) is 36.9 Å². The van der Waals surface area contributed by atoms with Crippen LogP contribution in [0.1, 0.15) is 39.5 Å². The lowest BCUT2D eigenvalue weighted by Crippen LogP contribution is -2.54. The van der Waals surface area contributed by atoms with Crippen molar-refractivity contribution in [2.24, 2.45) is 5.92 Å². The molecule has 0 unspecified atom stereocenters. The fourth-order valence-corrected chi connectivity index (χ4v) is 7.99. The number of carboxylic acid groups (broad SMARTS) is 1. The lowest BCUT2D eigenvalue weighted by atomic mass is 10.0. The lowest BCUT2D eigenvalue weighted by Gasteiger charge is -2.30. The average Bonchev–Trinajstić information content (AvgIpc) is 3.17. The van der Waals surface area contributed by atoms with Gasteiger partial charge in [-0.15, -0.1) is 11.8 Å². The van der Waals surface area contributed by atoms with Crippen molar-refractivity contribution in [3.8, 4) is 0 Å². The molecule has 3 aliphatic rings. The molecule has 3 fully saturated rings. The Morgan fingerprint density at radius 3 is 2.62 bits per heavy atom. The van der Waals surface area contributed by atoms with Crippen molar-refractivity contribution in [3.05, 3.63) is 0 Å². The number of nitrogens with zero attached hydrogens (tertiary/aromatic N) is 2. The molecule has 5 atom stereocenters. The first kappa shape index (κ1) is 25.7. The number of hydrogen-bond donors (Lipinski definition) is 2. The van der Waals surface area contributed by atoms with Gasteiger partial charge in [0.25, 0.3) is 0 Å². The summed E-state index contributed by atoms with van der Waals surface area (Å²) in [7, 11) is 0. The van der Waals surface area contributed by atoms with Gasteiger partial charge in [0.1, 0.15) is 12.1 Å². The molecule has 0 aliphatic carbocycles. The zero-order chi connectivity index (χ0) is 23.3. The maximum Gasteiger partial charge on any atom is 0.327 e. The van der Waals surface area contributed by atoms with E-state index in [0.717, 1.165) is 49.2 Å². The Kier molecular flexibility index (Phi) is 9.63. The second-order valence-electron chi connectivity index (χ2n) is 8.59. The van der Waals surface area contributed by atoms with Crippen LogP contribution in [-0.2, 0) is 19.2 Å². The first-order valence-corrected chi connectivity index (χ1v) is 14.4. The molecule has 0 saturated carbocycles. The molecular weight excluding hydrogens is 470 g/mol. The molecule has 180 valence electrons. The van der Waals surface area contributed by atoms with E-state index < -0.39 is 23.3 Å². The summed E-state index contributed by atoms with van der Waals surface area (Å²) in [5.41, 5.74) is 0. The highest BCUT2D eigenvalue weighted by Gasteiger charge is 2.48. The van der Waals surface area contributed by atoms with Crippen molar-refractivity contribution in [3.63, 3.8) is 0 Å². The summed E-state index contributed by atoms with van der Waals surface area (Å²) in [6, 6.07) is -1.60. The Balaban J connectivity index is 1.63. The molecule has 3 heterocycles. The number of carbonyl (C=O) groups excluding carboxylic acids is 3. The zero-order valence-electron chi connectivity index (χ0n) is 18.7. The van der Waals surface area contributed by atoms with Gasteiger partial charge in [-0.25, -0.2) is 4.79 Å². The smallest absolute Gasteiger partial charge is 0.327 e. The summed E-state index contributed by atoms with van der Waals surface area (Å²) in [6.07, 6.45) is 2.51. The molecule has 0 bridgehead atoms. The topological polar surface area (TPSA) is 107 Å². The molecule has 3 saturated heterocycles. The van der Waals surface area contributed by atoms with E-state index in [4.69, 9.17) is 0 Å². The molecule has 0 aromatic heterocycles. The fourth-order valence-electron chi connectivity index (χ4n) is 4.35. The molecule has 3 aliphatic heterocycles. The molecule has 32 heavy (non-hydrogen) atoms. The monoisotopic (exact) mass is 503 g/mol. The number of thioether (sulfide) groups is 3. The van der Waals surface area contributed by atoms with E-state index in [1.807, 2.05) is 25.6 Å². The molecule has 8 nitrogen and oxygen atoms in total. The Labute approximate surface area is 202 Å². The van der Waals surface area contributed by atoms with Crippen LogP contribution in [0.3, 0.4) is 0 Å². The minimum absolute atomic E-state index is 0.0201. The SMILES string of the molecule is CCC[C@H](SC(=O)CN1CCSCC1)C(=O)N[C@H]1CC[C@H](C)[C@H]2SC[C@@H](C(=O)O)N2C1=O. The number of carbonyl (C=O) groups is 4. The molecule has 2 amide bonds. The van der Waals surface area contributed by atoms with Crippen LogP contribution >= 0.6 is 35.3 Å². The van der Waals surface area contributed by atoms with Gasteiger partial charge in [0.05, 0.1) is 17.2 Å². The van der Waals surface area contributed by atoms with Crippen molar-refractivity contribution in [2.45, 2.75) is 62.2 Å². The predicted molar refractivity (Wildman–Crippen MR) is 130 cm³/mol. The molecule has 0 aromatic rings. The van der Waals surface area contributed by atoms with Crippen molar-refractivity contribution in [1.82, 2.24) is 15.1 Å². The zero-order valence-corrected chi connectivity index (χ0v) is 21.1. The third kappa shape index (κ3) is 6.36. The van der Waals surface area contributed by atoms with Crippen molar-refractivity contribution >= 4 is 58.2 Å². The van der Waals surface area contributed by atoms with Crippen LogP contribution in [0.4, 0.5) is 0 Å². The third-order valence-corrected chi connectivity index (χ3v) is 9.77. The predicted octanol–water partition coefficient (Wildman–Crippen LogP) is 1.73. The minimum Gasteiger partial charge on any atom is -0.480 e. The van der Waals surface area contributed by atoms with E-state index >= 15 is 0 Å². The first-order valence-electron chi connectivity index (χ1n) is 11.3. The maximum atomic E-state index is 13.2. The van der Waals surface area contributed by atoms with Crippen molar-refractivity contribution < 1.29 is 24.3 Å². The highest BCUT2D eigenvalue weighted by Crippen LogP contribution is 2.39. The van der Waals surface area contributed by atoms with Gasteiger partial charge in [0.15, 0.2) is 0 Å². The Hall–Kier alpha value is -0.910. The number of aliphatic carboxylic acids is 1. The van der Waals surface area contributed by atoms with Crippen molar-refractivity contribution in [1.29, 1.82) is 0 Å². The molecule has 3 rings (SSSR count). The summed E-state index contributed by atoms with van der Waals surface area (Å²) < 4.78 is 0. The number of hydrogen-bond acceptors (Lipinski definition) is 8. The third-order valence-electron chi connectivity index (χ3n) is 6.16. The molecule has 0 radical (unpaired) electrons. The summed E-state index contributed by atoms with van der Waals surface area (Å²) in [5.74, 6) is 0.936. The van der Waals surface area contributed by atoms with Crippen LogP contribution in [0.15, 0.2) is 0 Å². The van der Waals surface area contributed by atoms with Gasteiger partial charge >= 0.3 is 5.97 Å². The molecule has 11 heteroatoms. The van der Waals surface area contributed by atoms with E-state index in [1.54, 1.807) is 0 Å². The number of fused-ring (bicyclic) bond motifs is 1. The van der Waals surface area contributed by atoms with Gasteiger partial charge < -0.3 is 15.3 Å². The molecular formula is C21H33N3O5S3. The Bertz CT molecular complexity index is 719. The summed E-state index contributed by atoms with van der Waals surface area (Å²) in [5, 5.41) is 11.7. The van der Waals surface area contributed by atoms with E-state index in [-0.39, 0.29) is 28.2 Å². The Morgan fingerprint density at radius 2 is 1.97 bits per heavy atom. The summed E-state index contributed by atoms with van der Waals surface area (Å²) >= 11 is 4.46. The highest BCUT2D eigenvalue weighted by molar-refractivity contribution is 8.14. The Morgan fingerprint density at radius 1 is 1.25 bits per heavy atom. The first-order chi connectivity index (χ1) is 15.3. The molecule has 0 aromatic carbocycles. The fraction of sp³-hybridized carbons (Fsp3) is 0.810. The minimum atomic E-state index is -1.01. The van der Waals surface area contributed by atoms with Crippen LogP contribution in [0.2, 0.25) is 0 Å². The quantitative estimate of drug-likeness (QED) is 0.512. The van der Waals surface area contributed by atoms with E-state index in [0.29, 0.717) is 25.1 Å². The van der Waals surface area contributed by atoms with Gasteiger partial charge in [0.2, 0.25) is 16.9 Å². The number of carboxylic acids is 1. The normalized spacial score (nSPS) is 29.8. The second-order valence-corrected chi connectivity index (χ2v) is 12.2. The summed E-state index contributed by atoms with van der Waals surface area (Å²) in [4.78, 5) is 54.2. The van der Waals surface area contributed by atoms with Gasteiger partial charge in [-0.2, -0.15) is 11.8 Å². The van der Waals surface area contributed by atoms with Crippen LogP contribution < -0.4 is 5.32 Å². The van der Waals surface area contributed by atoms with Gasteiger partial charge in [-0.1, -0.05) is 32.0 Å². The largest absolute Gasteiger partial charge is 0.480 e. The summed E-state index contributed by atoms with van der Waals surface area (Å²) in [6.45, 7) is 6.10. The van der Waals surface area contributed by atoms with E-state index in [2.05, 4.69) is 10.2 Å². The number of amides is 2. The van der Waals surface area contributed by atoms with E-state index in [9.17, 15) is 24.3 Å². The van der Waals surface area contributed by atoms with E-state index in [1.165, 1.54) is 16.7 Å². The lowest BCUT2D eigenvalue weighted by molar-refractivity contribution is -0.150. The molecule has 0 spiro atoms. The number of nitrogens with one attached hydrogen (secondary N) is 1. The van der Waals surface area contributed by atoms with Crippen LogP contribution in [0.25, 0.3) is 0 Å². The maximum absolute atomic E-state index is 13.2. The second kappa shape index (κ2) is 12.0. The van der Waals surface area contributed by atoms with Crippen LogP contribution in [0, 0.1) is 5.92 Å². The number of rotatable bonds is 8. The van der Waals surface area contributed by atoms with Gasteiger partial charge in [-0.05, 0) is 25.2 Å². The van der Waals surface area contributed by atoms with Crippen LogP contribution in [0.5, 0.6) is 0 Å². The van der Waals surface area contributed by atoms with Gasteiger partial charge in [-0.3, -0.25) is 19.3 Å². The van der Waals surface area contributed by atoms with Crippen LogP contribution in [-0.4, -0.2) is 97.4 Å². The highest BCUT2D eigenvalue weighted by atomic mass is 32.2. The molecule has 2 N–H and O–H groups in total. The average molecular weight is 504 g/mol. The van der Waals surface area contributed by atoms with Gasteiger partial charge in [0, 0.05) is 30.3 Å². The standard InChI is InChI=1S/C21H33N3O5S3/c1-3-4-16(32-17(25)11-23-7-9-30-10-8-23)18(26)22-14-6-5-13(2)20-24(19(14)27)15(12-31-20)21(28)29/h13-16,20H,3-12H2,1-2H3,(H,22,26)(H,28,29)/t13-,14-,15-,16-,20+/m0/s1.